The molecule has 0 radical (unpaired) electrons. The molecule has 6 heteroatoms. The second-order valence-corrected chi connectivity index (χ2v) is 6.59. The van der Waals surface area contributed by atoms with E-state index in [-0.39, 0.29) is 18.1 Å². The zero-order chi connectivity index (χ0) is 18.4. The number of hydrogen-bond donors (Lipinski definition) is 2. The number of carbonyl (C=O) groups excluding carboxylic acids is 1. The Hall–Kier alpha value is -2.60. The van der Waals surface area contributed by atoms with Gasteiger partial charge in [-0.25, -0.2) is 4.98 Å². The lowest BCUT2D eigenvalue weighted by molar-refractivity contribution is 0.102. The van der Waals surface area contributed by atoms with Gasteiger partial charge >= 0.3 is 0 Å². The monoisotopic (exact) mass is 355 g/mol. The van der Waals surface area contributed by atoms with E-state index in [1.165, 1.54) is 0 Å². The Bertz CT molecular complexity index is 708. The third-order valence-corrected chi connectivity index (χ3v) is 4.04. The zero-order valence-electron chi connectivity index (χ0n) is 15.2. The second kappa shape index (κ2) is 8.67. The van der Waals surface area contributed by atoms with E-state index >= 15 is 0 Å². The highest BCUT2D eigenvalue weighted by Gasteiger charge is 2.15. The van der Waals surface area contributed by atoms with Crippen LogP contribution in [0.4, 0.5) is 11.4 Å². The van der Waals surface area contributed by atoms with Crippen LogP contribution >= 0.6 is 0 Å². The van der Waals surface area contributed by atoms with Crippen LogP contribution in [0.5, 0.6) is 5.75 Å². The SMILES string of the molecule is CC(C)Oc1ccc(NC(=O)c2ccc(NCC3CCCO3)cn2)cc1. The first-order valence-corrected chi connectivity index (χ1v) is 9.00. The molecular formula is C20H25N3O3. The van der Waals surface area contributed by atoms with Gasteiger partial charge in [0.2, 0.25) is 0 Å². The van der Waals surface area contributed by atoms with E-state index in [9.17, 15) is 4.79 Å². The first-order chi connectivity index (χ1) is 12.6. The molecule has 1 fully saturated rings. The summed E-state index contributed by atoms with van der Waals surface area (Å²) < 4.78 is 11.2. The van der Waals surface area contributed by atoms with Crippen LogP contribution in [0.15, 0.2) is 42.6 Å². The van der Waals surface area contributed by atoms with Crippen LogP contribution in [0, 0.1) is 0 Å². The second-order valence-electron chi connectivity index (χ2n) is 6.59. The van der Waals surface area contributed by atoms with Crippen molar-refractivity contribution in [3.63, 3.8) is 0 Å². The van der Waals surface area contributed by atoms with E-state index in [2.05, 4.69) is 15.6 Å². The number of aromatic nitrogens is 1. The quantitative estimate of drug-likeness (QED) is 0.792. The van der Waals surface area contributed by atoms with Crippen LogP contribution < -0.4 is 15.4 Å². The molecule has 2 N–H and O–H groups in total. The summed E-state index contributed by atoms with van der Waals surface area (Å²) in [5.74, 6) is 0.533. The molecule has 0 bridgehead atoms. The van der Waals surface area contributed by atoms with Gasteiger partial charge in [0.15, 0.2) is 0 Å². The topological polar surface area (TPSA) is 72.5 Å². The minimum atomic E-state index is -0.242. The number of rotatable bonds is 7. The Labute approximate surface area is 153 Å². The van der Waals surface area contributed by atoms with E-state index < -0.39 is 0 Å². The number of carbonyl (C=O) groups is 1. The molecule has 0 spiro atoms. The predicted molar refractivity (Wildman–Crippen MR) is 102 cm³/mol. The Balaban J connectivity index is 1.52. The normalized spacial score (nSPS) is 16.5. The highest BCUT2D eigenvalue weighted by molar-refractivity contribution is 6.02. The van der Waals surface area contributed by atoms with Crippen molar-refractivity contribution in [3.8, 4) is 5.75 Å². The Kier molecular flexibility index (Phi) is 6.07. The molecule has 2 aromatic rings. The van der Waals surface area contributed by atoms with Gasteiger partial charge in [-0.05, 0) is 63.1 Å². The van der Waals surface area contributed by atoms with Crippen molar-refractivity contribution in [1.82, 2.24) is 4.98 Å². The summed E-state index contributed by atoms with van der Waals surface area (Å²) in [6.45, 7) is 5.55. The van der Waals surface area contributed by atoms with E-state index in [0.717, 1.165) is 37.4 Å². The van der Waals surface area contributed by atoms with Crippen molar-refractivity contribution >= 4 is 17.3 Å². The van der Waals surface area contributed by atoms with Gasteiger partial charge in [-0.1, -0.05) is 0 Å². The Morgan fingerprint density at radius 2 is 2.00 bits per heavy atom. The molecule has 26 heavy (non-hydrogen) atoms. The average Bonchev–Trinajstić information content (AvgIpc) is 3.15. The summed E-state index contributed by atoms with van der Waals surface area (Å²) in [5.41, 5.74) is 1.95. The number of amides is 1. The number of ether oxygens (including phenoxy) is 2. The lowest BCUT2D eigenvalue weighted by Gasteiger charge is -2.12. The smallest absolute Gasteiger partial charge is 0.274 e. The summed E-state index contributed by atoms with van der Waals surface area (Å²) in [6.07, 6.45) is 4.26. The van der Waals surface area contributed by atoms with Gasteiger partial charge in [0.05, 0.1) is 24.1 Å². The van der Waals surface area contributed by atoms with Crippen molar-refractivity contribution in [1.29, 1.82) is 0 Å². The predicted octanol–water partition coefficient (Wildman–Crippen LogP) is 3.71. The lowest BCUT2D eigenvalue weighted by Crippen LogP contribution is -2.19. The molecule has 1 amide bonds. The zero-order valence-corrected chi connectivity index (χ0v) is 15.2. The van der Waals surface area contributed by atoms with Crippen molar-refractivity contribution in [2.24, 2.45) is 0 Å². The van der Waals surface area contributed by atoms with Gasteiger partial charge < -0.3 is 20.1 Å². The number of nitrogens with zero attached hydrogens (tertiary/aromatic N) is 1. The molecular weight excluding hydrogens is 330 g/mol. The van der Waals surface area contributed by atoms with Crippen LogP contribution in [-0.2, 0) is 4.74 Å². The summed E-state index contributed by atoms with van der Waals surface area (Å²) in [4.78, 5) is 16.5. The Morgan fingerprint density at radius 1 is 1.23 bits per heavy atom. The van der Waals surface area contributed by atoms with Crippen LogP contribution in [0.25, 0.3) is 0 Å². The molecule has 1 saturated heterocycles. The maximum Gasteiger partial charge on any atom is 0.274 e. The summed E-state index contributed by atoms with van der Waals surface area (Å²) in [5, 5.41) is 6.13. The number of nitrogens with one attached hydrogen (secondary N) is 2. The average molecular weight is 355 g/mol. The third kappa shape index (κ3) is 5.20. The molecule has 1 unspecified atom stereocenters. The highest BCUT2D eigenvalue weighted by atomic mass is 16.5. The molecule has 0 aliphatic carbocycles. The fraction of sp³-hybridized carbons (Fsp3) is 0.400. The summed E-state index contributed by atoms with van der Waals surface area (Å²) in [6, 6.07) is 10.9. The van der Waals surface area contributed by atoms with Crippen molar-refractivity contribution in [3.05, 3.63) is 48.3 Å². The minimum absolute atomic E-state index is 0.118. The molecule has 3 rings (SSSR count). The van der Waals surface area contributed by atoms with E-state index in [0.29, 0.717) is 11.4 Å². The molecule has 1 aromatic carbocycles. The summed E-state index contributed by atoms with van der Waals surface area (Å²) >= 11 is 0. The molecule has 138 valence electrons. The first-order valence-electron chi connectivity index (χ1n) is 9.00. The molecule has 1 atom stereocenters. The fourth-order valence-electron chi connectivity index (χ4n) is 2.75. The van der Waals surface area contributed by atoms with Crippen molar-refractivity contribution < 1.29 is 14.3 Å². The largest absolute Gasteiger partial charge is 0.491 e. The first kappa shape index (κ1) is 18.2. The van der Waals surface area contributed by atoms with Crippen LogP contribution in [0.1, 0.15) is 37.2 Å². The van der Waals surface area contributed by atoms with Gasteiger partial charge in [0, 0.05) is 18.8 Å². The minimum Gasteiger partial charge on any atom is -0.491 e. The summed E-state index contributed by atoms with van der Waals surface area (Å²) in [7, 11) is 0. The van der Waals surface area contributed by atoms with Gasteiger partial charge in [0.1, 0.15) is 11.4 Å². The maximum absolute atomic E-state index is 12.3. The molecule has 1 aromatic heterocycles. The maximum atomic E-state index is 12.3. The fourth-order valence-corrected chi connectivity index (χ4v) is 2.75. The van der Waals surface area contributed by atoms with E-state index in [4.69, 9.17) is 9.47 Å². The van der Waals surface area contributed by atoms with Gasteiger partial charge in [0.25, 0.3) is 5.91 Å². The standard InChI is InChI=1S/C20H25N3O3/c1-14(2)26-17-8-5-15(6-9-17)23-20(24)19-10-7-16(12-22-19)21-13-18-4-3-11-25-18/h5-10,12,14,18,21H,3-4,11,13H2,1-2H3,(H,23,24). The molecule has 6 nitrogen and oxygen atoms in total. The molecule has 1 aliphatic rings. The molecule has 1 aliphatic heterocycles. The van der Waals surface area contributed by atoms with Crippen LogP contribution in [-0.4, -0.2) is 36.3 Å². The number of hydrogen-bond acceptors (Lipinski definition) is 5. The molecule has 2 heterocycles. The van der Waals surface area contributed by atoms with E-state index in [1.54, 1.807) is 12.3 Å². The number of anilines is 2. The van der Waals surface area contributed by atoms with Crippen molar-refractivity contribution in [2.45, 2.75) is 38.9 Å². The third-order valence-electron chi connectivity index (χ3n) is 4.04. The van der Waals surface area contributed by atoms with Crippen LogP contribution in [0.2, 0.25) is 0 Å². The highest BCUT2D eigenvalue weighted by Crippen LogP contribution is 2.18. The van der Waals surface area contributed by atoms with Gasteiger partial charge in [-0.2, -0.15) is 0 Å². The van der Waals surface area contributed by atoms with Gasteiger partial charge in [-0.3, -0.25) is 4.79 Å². The van der Waals surface area contributed by atoms with Gasteiger partial charge in [-0.15, -0.1) is 0 Å². The number of benzene rings is 1. The number of pyridine rings is 1. The van der Waals surface area contributed by atoms with Crippen molar-refractivity contribution in [2.75, 3.05) is 23.8 Å². The molecule has 0 saturated carbocycles. The lowest BCUT2D eigenvalue weighted by atomic mass is 10.2. The Morgan fingerprint density at radius 3 is 2.62 bits per heavy atom. The van der Waals surface area contributed by atoms with Crippen LogP contribution in [0.3, 0.4) is 0 Å². The van der Waals surface area contributed by atoms with E-state index in [1.807, 2.05) is 44.2 Å².